The van der Waals surface area contributed by atoms with Crippen LogP contribution in [0.4, 0.5) is 28.9 Å². The van der Waals surface area contributed by atoms with Gasteiger partial charge in [0, 0.05) is 18.1 Å². The van der Waals surface area contributed by atoms with E-state index in [1.165, 1.54) is 12.1 Å². The maximum Gasteiger partial charge on any atom is 0.418 e. The van der Waals surface area contributed by atoms with Gasteiger partial charge in [0.15, 0.2) is 0 Å². The average molecular weight is 697 g/mol. The van der Waals surface area contributed by atoms with Gasteiger partial charge in [-0.25, -0.2) is 4.39 Å². The van der Waals surface area contributed by atoms with Crippen LogP contribution in [0.3, 0.4) is 0 Å². The molecule has 1 saturated carbocycles. The first-order valence-electron chi connectivity index (χ1n) is 10.7. The van der Waals surface area contributed by atoms with Gasteiger partial charge in [0.1, 0.15) is 10.2 Å². The molecule has 0 bridgehead atoms. The highest BCUT2D eigenvalue weighted by atomic mass is 35.5. The maximum absolute atomic E-state index is 13.0. The van der Waals surface area contributed by atoms with Crippen LogP contribution in [0.15, 0.2) is 48.5 Å². The van der Waals surface area contributed by atoms with Crippen LogP contribution in [0.25, 0.3) is 0 Å². The highest BCUT2D eigenvalue weighted by Gasteiger charge is 2.68. The average Bonchev–Trinajstić information content (AvgIpc) is 3.45. The van der Waals surface area contributed by atoms with Gasteiger partial charge in [-0.15, -0.1) is 0 Å². The molecule has 0 aromatic heterocycles. The van der Waals surface area contributed by atoms with Crippen LogP contribution < -0.4 is 5.32 Å². The highest BCUT2D eigenvalue weighted by molar-refractivity contribution is 6.53. The van der Waals surface area contributed by atoms with Crippen molar-refractivity contribution in [3.63, 3.8) is 0 Å². The number of carbonyl (C=O) groups excluding carboxylic acids is 1. The number of nitro benzene ring substituents is 1. The summed E-state index contributed by atoms with van der Waals surface area (Å²) in [4.78, 5) is 33.0. The first-order valence-corrected chi connectivity index (χ1v) is 13.0. The van der Waals surface area contributed by atoms with Crippen molar-refractivity contribution in [1.29, 1.82) is 0 Å². The normalized spacial score (nSPS) is 17.2. The molecule has 0 radical (unpaired) electrons. The van der Waals surface area contributed by atoms with E-state index < -0.39 is 61.9 Å². The molecule has 1 amide bonds. The smallest absolute Gasteiger partial charge is 0.418 e. The molecule has 3 aromatic rings. The molecule has 1 fully saturated rings. The number of nitrogens with one attached hydrogen (secondary N) is 1. The van der Waals surface area contributed by atoms with Crippen LogP contribution in [0.1, 0.15) is 27.4 Å². The molecule has 2 unspecified atom stereocenters. The fourth-order valence-electron chi connectivity index (χ4n) is 3.65. The summed E-state index contributed by atoms with van der Waals surface area (Å²) in [6, 6.07) is 7.70. The second-order valence-electron chi connectivity index (χ2n) is 8.33. The van der Waals surface area contributed by atoms with Gasteiger partial charge >= 0.3 is 12.1 Å². The summed E-state index contributed by atoms with van der Waals surface area (Å²) in [7, 11) is 0. The Morgan fingerprint density at radius 1 is 0.951 bits per heavy atom. The van der Waals surface area contributed by atoms with Crippen LogP contribution in [0.5, 0.6) is 0 Å². The van der Waals surface area contributed by atoms with Gasteiger partial charge in [-0.1, -0.05) is 69.6 Å². The number of non-ortho nitro benzene ring substituents is 1. The quantitative estimate of drug-likeness (QED) is 0.0909. The van der Waals surface area contributed by atoms with Gasteiger partial charge in [0.25, 0.3) is 11.6 Å². The second kappa shape index (κ2) is 12.4. The van der Waals surface area contributed by atoms with E-state index in [1.807, 2.05) is 5.32 Å². The zero-order valence-electron chi connectivity index (χ0n) is 19.6. The van der Waals surface area contributed by atoms with Crippen molar-refractivity contribution in [1.82, 2.24) is 0 Å². The predicted octanol–water partition coefficient (Wildman–Crippen LogP) is 9.28. The largest absolute Gasteiger partial charge is 0.481 e. The van der Waals surface area contributed by atoms with Gasteiger partial charge in [-0.05, 0) is 42.0 Å². The lowest BCUT2D eigenvalue weighted by molar-refractivity contribution is -0.384. The summed E-state index contributed by atoms with van der Waals surface area (Å²) in [6.45, 7) is 0. The van der Waals surface area contributed by atoms with Crippen LogP contribution in [-0.4, -0.2) is 26.2 Å². The number of nitrogens with zero attached hydrogens (tertiary/aromatic N) is 1. The lowest BCUT2D eigenvalue weighted by Gasteiger charge is -2.14. The number of amides is 1. The van der Waals surface area contributed by atoms with Crippen molar-refractivity contribution in [2.24, 2.45) is 5.92 Å². The van der Waals surface area contributed by atoms with Crippen LogP contribution in [-0.2, 0) is 11.0 Å². The summed E-state index contributed by atoms with van der Waals surface area (Å²) in [5, 5.41) is 22.1. The van der Waals surface area contributed by atoms with Crippen molar-refractivity contribution >= 4 is 92.9 Å². The molecule has 4 rings (SSSR count). The fraction of sp³-hybridized carbons (Fsp3) is 0.167. The summed E-state index contributed by atoms with van der Waals surface area (Å²) in [6.07, 6.45) is -4.91. The molecular formula is C24H12Cl6F4N2O5. The number of hydrogen-bond donors (Lipinski definition) is 2. The second-order valence-corrected chi connectivity index (χ2v) is 11.4. The Bertz CT molecular complexity index is 1530. The van der Waals surface area contributed by atoms with Gasteiger partial charge in [0.2, 0.25) is 0 Å². The highest BCUT2D eigenvalue weighted by Crippen LogP contribution is 2.65. The molecule has 41 heavy (non-hydrogen) atoms. The predicted molar refractivity (Wildman–Crippen MR) is 147 cm³/mol. The van der Waals surface area contributed by atoms with Crippen molar-refractivity contribution < 1.29 is 37.2 Å². The van der Waals surface area contributed by atoms with Crippen molar-refractivity contribution in [2.75, 3.05) is 5.32 Å². The van der Waals surface area contributed by atoms with E-state index in [-0.39, 0.29) is 31.7 Å². The minimum atomic E-state index is -4.91. The third kappa shape index (κ3) is 7.46. The lowest BCUT2D eigenvalue weighted by Crippen LogP contribution is -2.17. The molecule has 0 heterocycles. The molecule has 0 spiro atoms. The summed E-state index contributed by atoms with van der Waals surface area (Å²) in [5.41, 5.74) is -2.36. The van der Waals surface area contributed by atoms with Gasteiger partial charge in [0.05, 0.1) is 47.7 Å². The summed E-state index contributed by atoms with van der Waals surface area (Å²) in [5.74, 6) is -4.67. The molecule has 218 valence electrons. The lowest BCUT2D eigenvalue weighted by atomic mass is 10.1. The van der Waals surface area contributed by atoms with Crippen molar-refractivity contribution in [3.05, 3.63) is 101 Å². The van der Waals surface area contributed by atoms with Crippen LogP contribution >= 0.6 is 69.6 Å². The van der Waals surface area contributed by atoms with E-state index in [0.29, 0.717) is 5.56 Å². The molecule has 1 aliphatic carbocycles. The Kier molecular flexibility index (Phi) is 9.94. The molecule has 1 aliphatic rings. The Balaban J connectivity index is 0.000000239. The van der Waals surface area contributed by atoms with Crippen LogP contribution in [0, 0.1) is 21.8 Å². The Hall–Kier alpha value is -2.54. The van der Waals surface area contributed by atoms with E-state index in [4.69, 9.17) is 74.7 Å². The summed E-state index contributed by atoms with van der Waals surface area (Å²) < 4.78 is 50.4. The Labute approximate surface area is 258 Å². The van der Waals surface area contributed by atoms with E-state index in [9.17, 15) is 37.3 Å². The molecule has 2 atom stereocenters. The summed E-state index contributed by atoms with van der Waals surface area (Å²) >= 11 is 35.1. The number of halogens is 10. The molecule has 0 aliphatic heterocycles. The number of nitro groups is 1. The molecule has 7 nitrogen and oxygen atoms in total. The van der Waals surface area contributed by atoms with Gasteiger partial charge in [-0.2, -0.15) is 13.2 Å². The minimum Gasteiger partial charge on any atom is -0.481 e. The number of alkyl halides is 5. The monoisotopic (exact) mass is 694 g/mol. The van der Waals surface area contributed by atoms with Gasteiger partial charge in [-0.3, -0.25) is 19.7 Å². The Morgan fingerprint density at radius 3 is 2.02 bits per heavy atom. The zero-order chi connectivity index (χ0) is 31.0. The first kappa shape index (κ1) is 33.0. The maximum atomic E-state index is 13.0. The van der Waals surface area contributed by atoms with E-state index in [2.05, 4.69) is 0 Å². The molecule has 3 aromatic carbocycles. The third-order valence-corrected chi connectivity index (χ3v) is 8.09. The number of carbonyl (C=O) groups is 2. The molecular weight excluding hydrogens is 685 g/mol. The Morgan fingerprint density at radius 2 is 1.54 bits per heavy atom. The van der Waals surface area contributed by atoms with Gasteiger partial charge < -0.3 is 10.4 Å². The number of carboxylic acid groups (broad SMARTS) is 1. The topological polar surface area (TPSA) is 110 Å². The number of aliphatic carboxylic acids is 1. The van der Waals surface area contributed by atoms with Crippen molar-refractivity contribution in [2.45, 2.75) is 16.4 Å². The standard InChI is InChI=1S/C14H7ClF4N2O3.C10H5Cl5O2/c15-11-3-2-8(21(23)24)6-9(11)13(22)20-12-4-1-7(16)5-10(12)14(17,18)19;11-4-1-3(2-5(12)8(4)13)6-7(9(16)17)10(6,14)15/h1-6H,(H,20,22);1-2,6-7H,(H,16,17). The number of hydrogen-bond acceptors (Lipinski definition) is 4. The van der Waals surface area contributed by atoms with E-state index in [1.54, 1.807) is 0 Å². The number of anilines is 1. The number of rotatable bonds is 5. The molecule has 2 N–H and O–H groups in total. The SMILES string of the molecule is O=C(Nc1ccc(F)cc1C(F)(F)F)c1cc([N+](=O)[O-])ccc1Cl.O=C(O)C1C(c2cc(Cl)c(Cl)c(Cl)c2)C1(Cl)Cl. The van der Waals surface area contributed by atoms with E-state index in [0.717, 1.165) is 30.3 Å². The number of carboxylic acids is 1. The number of benzene rings is 3. The first-order chi connectivity index (χ1) is 18.9. The zero-order valence-corrected chi connectivity index (χ0v) is 24.1. The molecule has 17 heteroatoms. The third-order valence-electron chi connectivity index (χ3n) is 5.63. The van der Waals surface area contributed by atoms with Crippen LogP contribution in [0.2, 0.25) is 20.1 Å². The fourth-order valence-corrected chi connectivity index (χ4v) is 5.29. The molecule has 0 saturated heterocycles. The van der Waals surface area contributed by atoms with E-state index >= 15 is 0 Å². The minimum absolute atomic E-state index is 0.186. The van der Waals surface area contributed by atoms with Crippen molar-refractivity contribution in [3.8, 4) is 0 Å².